The number of thiazole rings is 1. The Morgan fingerprint density at radius 1 is 1.06 bits per heavy atom. The molecule has 2 aromatic carbocycles. The second-order valence-corrected chi connectivity index (χ2v) is 10.0. The Kier molecular flexibility index (Phi) is 5.74. The summed E-state index contributed by atoms with van der Waals surface area (Å²) >= 11 is 1.55. The van der Waals surface area contributed by atoms with Crippen molar-refractivity contribution >= 4 is 39.0 Å². The first-order valence-corrected chi connectivity index (χ1v) is 12.0. The van der Waals surface area contributed by atoms with Gasteiger partial charge < -0.3 is 9.47 Å². The summed E-state index contributed by atoms with van der Waals surface area (Å²) in [5.41, 5.74) is 3.02. The maximum Gasteiger partial charge on any atom is 0.339 e. The minimum atomic E-state index is -4.16. The predicted molar refractivity (Wildman–Crippen MR) is 120 cm³/mol. The molecule has 2 heterocycles. The Labute approximate surface area is 189 Å². The van der Waals surface area contributed by atoms with Gasteiger partial charge in [0.25, 0.3) is 10.0 Å². The summed E-state index contributed by atoms with van der Waals surface area (Å²) in [5, 5.41) is 2.91. The van der Waals surface area contributed by atoms with E-state index in [1.807, 2.05) is 24.4 Å². The first kappa shape index (κ1) is 22.0. The molecule has 0 bridgehead atoms. The van der Waals surface area contributed by atoms with Crippen molar-refractivity contribution in [2.45, 2.75) is 18.2 Å². The number of nitrogens with zero attached hydrogens (tertiary/aromatic N) is 2. The molecule has 32 heavy (non-hydrogen) atoms. The lowest BCUT2D eigenvalue weighted by Gasteiger charge is -2.21. The average molecular weight is 473 g/mol. The lowest BCUT2D eigenvalue weighted by atomic mass is 10.1. The molecule has 8 nitrogen and oxygen atoms in total. The number of benzene rings is 2. The van der Waals surface area contributed by atoms with Crippen molar-refractivity contribution in [1.29, 1.82) is 0 Å². The molecule has 0 N–H and O–H groups in total. The van der Waals surface area contributed by atoms with Crippen molar-refractivity contribution in [1.82, 2.24) is 4.98 Å². The summed E-state index contributed by atoms with van der Waals surface area (Å²) < 4.78 is 37.9. The van der Waals surface area contributed by atoms with Crippen LogP contribution in [0.3, 0.4) is 0 Å². The second kappa shape index (κ2) is 8.36. The van der Waals surface area contributed by atoms with Crippen molar-refractivity contribution in [3.05, 3.63) is 63.5 Å². The van der Waals surface area contributed by atoms with Gasteiger partial charge in [-0.2, -0.15) is 0 Å². The number of sulfonamides is 1. The summed E-state index contributed by atoms with van der Waals surface area (Å²) in [6.07, 6.45) is 0.510. The first-order chi connectivity index (χ1) is 15.3. The molecule has 0 saturated heterocycles. The Morgan fingerprint density at radius 3 is 2.47 bits per heavy atom. The lowest BCUT2D eigenvalue weighted by molar-refractivity contribution is 0.0583. The maximum atomic E-state index is 13.6. The molecule has 4 rings (SSSR count). The van der Waals surface area contributed by atoms with E-state index < -0.39 is 22.0 Å². The number of aryl methyl sites for hydroxylation is 1. The minimum Gasteiger partial charge on any atom is -0.465 e. The van der Waals surface area contributed by atoms with Gasteiger partial charge in [0.15, 0.2) is 0 Å². The minimum absolute atomic E-state index is 0.0207. The third kappa shape index (κ3) is 3.76. The van der Waals surface area contributed by atoms with E-state index >= 15 is 0 Å². The highest BCUT2D eigenvalue weighted by Gasteiger charge is 2.35. The van der Waals surface area contributed by atoms with Crippen LogP contribution >= 0.6 is 11.3 Å². The van der Waals surface area contributed by atoms with E-state index in [9.17, 15) is 18.0 Å². The van der Waals surface area contributed by atoms with Crippen LogP contribution in [-0.4, -0.2) is 46.1 Å². The van der Waals surface area contributed by atoms with E-state index in [-0.39, 0.29) is 22.6 Å². The lowest BCUT2D eigenvalue weighted by Crippen LogP contribution is -2.30. The van der Waals surface area contributed by atoms with Crippen molar-refractivity contribution in [3.8, 4) is 11.3 Å². The van der Waals surface area contributed by atoms with Gasteiger partial charge >= 0.3 is 11.9 Å². The number of aromatic nitrogens is 1. The molecule has 0 unspecified atom stereocenters. The third-order valence-corrected chi connectivity index (χ3v) is 7.85. The van der Waals surface area contributed by atoms with Crippen molar-refractivity contribution in [2.75, 3.05) is 25.1 Å². The molecule has 166 valence electrons. The fourth-order valence-corrected chi connectivity index (χ4v) is 5.99. The average Bonchev–Trinajstić information content (AvgIpc) is 3.43. The summed E-state index contributed by atoms with van der Waals surface area (Å²) in [5.74, 6) is -1.52. The first-order valence-electron chi connectivity index (χ1n) is 9.65. The summed E-state index contributed by atoms with van der Waals surface area (Å²) in [6, 6.07) is 9.25. The Hall–Kier alpha value is -3.24. The number of ether oxygens (including phenoxy) is 2. The summed E-state index contributed by atoms with van der Waals surface area (Å²) in [7, 11) is -1.80. The van der Waals surface area contributed by atoms with Crippen LogP contribution in [0.25, 0.3) is 11.3 Å². The SMILES string of the molecule is COC(=O)c1ccc(C(=O)OC)c(S(=O)(=O)N2CCc3cc(-c4csc(C)n4)ccc32)c1. The van der Waals surface area contributed by atoms with E-state index in [0.29, 0.717) is 12.1 Å². The smallest absolute Gasteiger partial charge is 0.339 e. The quantitative estimate of drug-likeness (QED) is 0.524. The normalized spacial score (nSPS) is 13.0. The largest absolute Gasteiger partial charge is 0.465 e. The van der Waals surface area contributed by atoms with E-state index in [4.69, 9.17) is 9.47 Å². The molecule has 0 saturated carbocycles. The van der Waals surface area contributed by atoms with Gasteiger partial charge in [0.1, 0.15) is 4.90 Å². The van der Waals surface area contributed by atoms with E-state index in [0.717, 1.165) is 27.9 Å². The Bertz CT molecular complexity index is 1330. The van der Waals surface area contributed by atoms with Crippen molar-refractivity contribution < 1.29 is 27.5 Å². The second-order valence-electron chi connectivity index (χ2n) is 7.12. The fourth-order valence-electron chi connectivity index (χ4n) is 3.65. The molecule has 0 radical (unpaired) electrons. The van der Waals surface area contributed by atoms with Crippen molar-refractivity contribution in [3.63, 3.8) is 0 Å². The molecule has 1 aromatic heterocycles. The molecule has 0 fully saturated rings. The molecular formula is C22H20N2O6S2. The number of hydrogen-bond donors (Lipinski definition) is 0. The number of fused-ring (bicyclic) bond motifs is 1. The topological polar surface area (TPSA) is 103 Å². The number of carbonyl (C=O) groups excluding carboxylic acids is 2. The number of rotatable bonds is 5. The fraction of sp³-hybridized carbons (Fsp3) is 0.227. The zero-order valence-corrected chi connectivity index (χ0v) is 19.2. The van der Waals surface area contributed by atoms with Gasteiger partial charge in [-0.15, -0.1) is 11.3 Å². The van der Waals surface area contributed by atoms with Crippen LogP contribution in [0.2, 0.25) is 0 Å². The number of methoxy groups -OCH3 is 2. The summed E-state index contributed by atoms with van der Waals surface area (Å²) in [6.45, 7) is 2.14. The highest BCUT2D eigenvalue weighted by molar-refractivity contribution is 7.93. The van der Waals surface area contributed by atoms with Crippen LogP contribution in [0.5, 0.6) is 0 Å². The molecule has 0 aliphatic carbocycles. The molecule has 0 spiro atoms. The monoisotopic (exact) mass is 472 g/mol. The Balaban J connectivity index is 1.78. The zero-order valence-electron chi connectivity index (χ0n) is 17.6. The van der Waals surface area contributed by atoms with Crippen LogP contribution < -0.4 is 4.31 Å². The van der Waals surface area contributed by atoms with Gasteiger partial charge in [-0.25, -0.2) is 23.0 Å². The van der Waals surface area contributed by atoms with Gasteiger partial charge in [0.2, 0.25) is 0 Å². The summed E-state index contributed by atoms with van der Waals surface area (Å²) in [4.78, 5) is 28.4. The molecule has 3 aromatic rings. The van der Waals surface area contributed by atoms with E-state index in [1.165, 1.54) is 30.7 Å². The number of hydrogen-bond acceptors (Lipinski definition) is 8. The van der Waals surface area contributed by atoms with Gasteiger partial charge in [-0.05, 0) is 49.2 Å². The zero-order chi connectivity index (χ0) is 23.0. The molecule has 10 heteroatoms. The third-order valence-electron chi connectivity index (χ3n) is 5.22. The van der Waals surface area contributed by atoms with Crippen molar-refractivity contribution in [2.24, 2.45) is 0 Å². The molecule has 0 amide bonds. The van der Waals surface area contributed by atoms with Gasteiger partial charge in [-0.1, -0.05) is 6.07 Å². The Morgan fingerprint density at radius 2 is 1.81 bits per heavy atom. The van der Waals surface area contributed by atoms with Gasteiger partial charge in [0.05, 0.1) is 41.7 Å². The molecular weight excluding hydrogens is 452 g/mol. The predicted octanol–water partition coefficient (Wildman–Crippen LogP) is 3.44. The maximum absolute atomic E-state index is 13.6. The van der Waals surface area contributed by atoms with Crippen LogP contribution in [0, 0.1) is 6.92 Å². The van der Waals surface area contributed by atoms with E-state index in [1.54, 1.807) is 17.4 Å². The molecule has 0 atom stereocenters. The molecule has 1 aliphatic heterocycles. The van der Waals surface area contributed by atoms with Crippen LogP contribution in [0.4, 0.5) is 5.69 Å². The number of anilines is 1. The highest BCUT2D eigenvalue weighted by Crippen LogP contribution is 2.37. The highest BCUT2D eigenvalue weighted by atomic mass is 32.2. The number of carbonyl (C=O) groups is 2. The van der Waals surface area contributed by atoms with Gasteiger partial charge in [0, 0.05) is 17.5 Å². The molecule has 1 aliphatic rings. The van der Waals surface area contributed by atoms with E-state index in [2.05, 4.69) is 4.98 Å². The number of esters is 2. The van der Waals surface area contributed by atoms with Crippen LogP contribution in [-0.2, 0) is 25.9 Å². The standard InChI is InChI=1S/C22H20N2O6S2/c1-13-23-18(12-31-13)14-5-7-19-15(10-14)8-9-24(19)32(27,28)20-11-16(21(25)29-2)4-6-17(20)22(26)30-3/h4-7,10-12H,8-9H2,1-3H3. The van der Waals surface area contributed by atoms with Crippen LogP contribution in [0.15, 0.2) is 46.7 Å². The van der Waals surface area contributed by atoms with Gasteiger partial charge in [-0.3, -0.25) is 4.31 Å². The van der Waals surface area contributed by atoms with Crippen LogP contribution in [0.1, 0.15) is 31.3 Å².